The number of benzene rings is 2. The zero-order chi connectivity index (χ0) is 19.2. The molecule has 0 atom stereocenters. The van der Waals surface area contributed by atoms with Crippen LogP contribution in [0.2, 0.25) is 0 Å². The SMILES string of the molecule is CCc1cccc(C)c1NC(=O)COC(=O)c1ccc(-c2ncc[nH]2)cc1. The van der Waals surface area contributed by atoms with Crippen molar-refractivity contribution in [3.63, 3.8) is 0 Å². The molecule has 2 N–H and O–H groups in total. The lowest BCUT2D eigenvalue weighted by molar-refractivity contribution is -0.119. The maximum absolute atomic E-state index is 12.2. The van der Waals surface area contributed by atoms with Crippen LogP contribution in [0.5, 0.6) is 0 Å². The van der Waals surface area contributed by atoms with Crippen LogP contribution in [0.15, 0.2) is 54.9 Å². The molecule has 138 valence electrons. The first-order valence-corrected chi connectivity index (χ1v) is 8.73. The maximum atomic E-state index is 12.2. The van der Waals surface area contributed by atoms with Crippen molar-refractivity contribution in [2.75, 3.05) is 11.9 Å². The molecule has 6 nitrogen and oxygen atoms in total. The zero-order valence-corrected chi connectivity index (χ0v) is 15.3. The molecule has 1 heterocycles. The van der Waals surface area contributed by atoms with E-state index in [-0.39, 0.29) is 12.5 Å². The molecule has 6 heteroatoms. The largest absolute Gasteiger partial charge is 0.452 e. The van der Waals surface area contributed by atoms with Crippen LogP contribution in [0.1, 0.15) is 28.4 Å². The molecule has 3 rings (SSSR count). The summed E-state index contributed by atoms with van der Waals surface area (Å²) in [6, 6.07) is 12.7. The monoisotopic (exact) mass is 363 g/mol. The molecule has 0 saturated heterocycles. The Kier molecular flexibility index (Phi) is 5.66. The van der Waals surface area contributed by atoms with E-state index in [2.05, 4.69) is 15.3 Å². The van der Waals surface area contributed by atoms with Crippen molar-refractivity contribution >= 4 is 17.6 Å². The van der Waals surface area contributed by atoms with Crippen molar-refractivity contribution in [3.05, 3.63) is 71.5 Å². The molecule has 0 fully saturated rings. The van der Waals surface area contributed by atoms with Crippen LogP contribution >= 0.6 is 0 Å². The lowest BCUT2D eigenvalue weighted by atomic mass is 10.1. The molecule has 27 heavy (non-hydrogen) atoms. The number of hydrogen-bond donors (Lipinski definition) is 2. The summed E-state index contributed by atoms with van der Waals surface area (Å²) in [7, 11) is 0. The number of carbonyl (C=O) groups excluding carboxylic acids is 2. The highest BCUT2D eigenvalue weighted by molar-refractivity contribution is 5.96. The van der Waals surface area contributed by atoms with Gasteiger partial charge < -0.3 is 15.0 Å². The van der Waals surface area contributed by atoms with Gasteiger partial charge in [0.25, 0.3) is 5.91 Å². The van der Waals surface area contributed by atoms with Gasteiger partial charge in [-0.25, -0.2) is 9.78 Å². The average Bonchev–Trinajstić information content (AvgIpc) is 3.22. The summed E-state index contributed by atoms with van der Waals surface area (Å²) < 4.78 is 5.13. The predicted octanol–water partition coefficient (Wildman–Crippen LogP) is 3.74. The van der Waals surface area contributed by atoms with E-state index in [1.165, 1.54) is 0 Å². The second-order valence-electron chi connectivity index (χ2n) is 6.10. The van der Waals surface area contributed by atoms with Crippen LogP contribution in [-0.4, -0.2) is 28.5 Å². The van der Waals surface area contributed by atoms with Crippen LogP contribution in [-0.2, 0) is 16.0 Å². The maximum Gasteiger partial charge on any atom is 0.338 e. The van der Waals surface area contributed by atoms with Gasteiger partial charge >= 0.3 is 5.97 Å². The predicted molar refractivity (Wildman–Crippen MR) is 103 cm³/mol. The smallest absolute Gasteiger partial charge is 0.338 e. The lowest BCUT2D eigenvalue weighted by Crippen LogP contribution is -2.22. The number of hydrogen-bond acceptors (Lipinski definition) is 4. The zero-order valence-electron chi connectivity index (χ0n) is 15.3. The molecule has 0 aliphatic carbocycles. The van der Waals surface area contributed by atoms with Crippen molar-refractivity contribution in [1.82, 2.24) is 9.97 Å². The van der Waals surface area contributed by atoms with E-state index in [1.807, 2.05) is 32.0 Å². The first kappa shape index (κ1) is 18.4. The molecule has 0 aliphatic rings. The normalized spacial score (nSPS) is 10.4. The van der Waals surface area contributed by atoms with Crippen molar-refractivity contribution in [1.29, 1.82) is 0 Å². The minimum atomic E-state index is -0.545. The van der Waals surface area contributed by atoms with Crippen molar-refractivity contribution < 1.29 is 14.3 Å². The molecular weight excluding hydrogens is 342 g/mol. The Labute approximate surface area is 157 Å². The molecule has 1 aromatic heterocycles. The summed E-state index contributed by atoms with van der Waals surface area (Å²) in [5, 5.41) is 2.84. The quantitative estimate of drug-likeness (QED) is 0.654. The molecular formula is C21H21N3O3. The van der Waals surface area contributed by atoms with Gasteiger partial charge in [-0.15, -0.1) is 0 Å². The number of nitrogens with zero attached hydrogens (tertiary/aromatic N) is 1. The van der Waals surface area contributed by atoms with E-state index in [0.29, 0.717) is 5.56 Å². The number of ether oxygens (including phenoxy) is 1. The molecule has 0 aliphatic heterocycles. The highest BCUT2D eigenvalue weighted by Crippen LogP contribution is 2.21. The van der Waals surface area contributed by atoms with E-state index in [0.717, 1.165) is 34.6 Å². The number of carbonyl (C=O) groups is 2. The number of nitrogens with one attached hydrogen (secondary N) is 2. The van der Waals surface area contributed by atoms with Gasteiger partial charge in [0.2, 0.25) is 0 Å². The molecule has 0 saturated carbocycles. The molecule has 0 unspecified atom stereocenters. The van der Waals surface area contributed by atoms with Crippen LogP contribution < -0.4 is 5.32 Å². The first-order chi connectivity index (χ1) is 13.1. The highest BCUT2D eigenvalue weighted by Gasteiger charge is 2.13. The number of aryl methyl sites for hydroxylation is 2. The minimum absolute atomic E-state index is 0.337. The Morgan fingerprint density at radius 2 is 1.93 bits per heavy atom. The summed E-state index contributed by atoms with van der Waals surface area (Å²) in [6.07, 6.45) is 4.20. The van der Waals surface area contributed by atoms with Gasteiger partial charge in [0.15, 0.2) is 6.61 Å². The first-order valence-electron chi connectivity index (χ1n) is 8.73. The van der Waals surface area contributed by atoms with Gasteiger partial charge in [-0.1, -0.05) is 37.3 Å². The number of amides is 1. The van der Waals surface area contributed by atoms with E-state index in [4.69, 9.17) is 4.74 Å². The fourth-order valence-electron chi connectivity index (χ4n) is 2.78. The van der Waals surface area contributed by atoms with Crippen LogP contribution in [0, 0.1) is 6.92 Å². The molecule has 0 bridgehead atoms. The van der Waals surface area contributed by atoms with Gasteiger partial charge in [0.1, 0.15) is 5.82 Å². The minimum Gasteiger partial charge on any atom is -0.452 e. The Bertz CT molecular complexity index is 932. The van der Waals surface area contributed by atoms with Gasteiger partial charge in [-0.05, 0) is 36.6 Å². The molecule has 3 aromatic rings. The summed E-state index contributed by atoms with van der Waals surface area (Å²) >= 11 is 0. The number of rotatable bonds is 6. The van der Waals surface area contributed by atoms with E-state index >= 15 is 0 Å². The third kappa shape index (κ3) is 4.41. The van der Waals surface area contributed by atoms with Gasteiger partial charge in [0.05, 0.1) is 5.56 Å². The summed E-state index contributed by atoms with van der Waals surface area (Å²) in [5.74, 6) is -0.185. The second-order valence-corrected chi connectivity index (χ2v) is 6.10. The van der Waals surface area contributed by atoms with Crippen molar-refractivity contribution in [3.8, 4) is 11.4 Å². The summed E-state index contributed by atoms with van der Waals surface area (Å²) in [6.45, 7) is 3.62. The highest BCUT2D eigenvalue weighted by atomic mass is 16.5. The summed E-state index contributed by atoms with van der Waals surface area (Å²) in [4.78, 5) is 31.5. The van der Waals surface area contributed by atoms with Crippen LogP contribution in [0.4, 0.5) is 5.69 Å². The topological polar surface area (TPSA) is 84.1 Å². The summed E-state index contributed by atoms with van der Waals surface area (Å²) in [5.41, 5.74) is 4.04. The molecule has 1 amide bonds. The number of aromatic nitrogens is 2. The molecule has 0 radical (unpaired) electrons. The fraction of sp³-hybridized carbons (Fsp3) is 0.190. The Balaban J connectivity index is 1.58. The van der Waals surface area contributed by atoms with Gasteiger partial charge in [-0.3, -0.25) is 4.79 Å². The standard InChI is InChI=1S/C21H21N3O3/c1-3-15-6-4-5-14(2)19(15)24-18(25)13-27-21(26)17-9-7-16(8-10-17)20-22-11-12-23-20/h4-12H,3,13H2,1-2H3,(H,22,23)(H,24,25). The Hall–Kier alpha value is -3.41. The number of imidazole rings is 1. The molecule has 2 aromatic carbocycles. The van der Waals surface area contributed by atoms with Crippen LogP contribution in [0.25, 0.3) is 11.4 Å². The van der Waals surface area contributed by atoms with E-state index in [9.17, 15) is 9.59 Å². The number of anilines is 1. The number of H-pyrrole nitrogens is 1. The Morgan fingerprint density at radius 1 is 1.15 bits per heavy atom. The Morgan fingerprint density at radius 3 is 2.59 bits per heavy atom. The lowest BCUT2D eigenvalue weighted by Gasteiger charge is -2.13. The number of esters is 1. The van der Waals surface area contributed by atoms with Crippen LogP contribution in [0.3, 0.4) is 0 Å². The van der Waals surface area contributed by atoms with E-state index < -0.39 is 5.97 Å². The fourth-order valence-corrected chi connectivity index (χ4v) is 2.78. The molecule has 0 spiro atoms. The average molecular weight is 363 g/mol. The third-order valence-corrected chi connectivity index (χ3v) is 4.23. The number of para-hydroxylation sites is 1. The van der Waals surface area contributed by atoms with E-state index in [1.54, 1.807) is 36.7 Å². The van der Waals surface area contributed by atoms with Gasteiger partial charge in [-0.2, -0.15) is 0 Å². The van der Waals surface area contributed by atoms with Crippen molar-refractivity contribution in [2.24, 2.45) is 0 Å². The van der Waals surface area contributed by atoms with Crippen molar-refractivity contribution in [2.45, 2.75) is 20.3 Å². The van der Waals surface area contributed by atoms with Gasteiger partial charge in [0, 0.05) is 23.6 Å². The second kappa shape index (κ2) is 8.31. The third-order valence-electron chi connectivity index (χ3n) is 4.23. The number of aromatic amines is 1.